The highest BCUT2D eigenvalue weighted by atomic mass is 16.5. The molecule has 0 saturated heterocycles. The summed E-state index contributed by atoms with van der Waals surface area (Å²) in [6, 6.07) is 6.54. The van der Waals surface area contributed by atoms with Crippen LogP contribution in [0.4, 0.5) is 5.69 Å². The molecule has 96 valence electrons. The predicted molar refractivity (Wildman–Crippen MR) is 64.4 cm³/mol. The first-order valence-corrected chi connectivity index (χ1v) is 5.55. The Morgan fingerprint density at radius 1 is 1.44 bits per heavy atom. The van der Waals surface area contributed by atoms with Gasteiger partial charge in [-0.2, -0.15) is 0 Å². The summed E-state index contributed by atoms with van der Waals surface area (Å²) in [4.78, 5) is 22.1. The molecule has 0 atom stereocenters. The summed E-state index contributed by atoms with van der Waals surface area (Å²) >= 11 is 0. The minimum Gasteiger partial charge on any atom is -0.482 e. The number of carboxylic acid groups (broad SMARTS) is 1. The summed E-state index contributed by atoms with van der Waals surface area (Å²) in [5.74, 6) is -0.890. The van der Waals surface area contributed by atoms with E-state index in [1.165, 1.54) is 0 Å². The number of benzene rings is 1. The van der Waals surface area contributed by atoms with Gasteiger partial charge in [0.1, 0.15) is 5.75 Å². The molecule has 1 aliphatic rings. The van der Waals surface area contributed by atoms with Crippen LogP contribution in [-0.4, -0.2) is 29.1 Å². The molecule has 0 heterocycles. The van der Waals surface area contributed by atoms with Crippen LogP contribution in [0.5, 0.6) is 5.75 Å². The average molecular weight is 250 g/mol. The van der Waals surface area contributed by atoms with Gasteiger partial charge in [0.15, 0.2) is 6.61 Å². The van der Waals surface area contributed by atoms with Gasteiger partial charge in [0.25, 0.3) is 0 Å². The van der Waals surface area contributed by atoms with Crippen molar-refractivity contribution in [2.24, 2.45) is 5.73 Å². The van der Waals surface area contributed by atoms with Gasteiger partial charge in [-0.1, -0.05) is 6.07 Å². The summed E-state index contributed by atoms with van der Waals surface area (Å²) in [6.07, 6.45) is 1.38. The SMILES string of the molecule is NC1(C(=O)Nc2cccc(OCC(=O)O)c2)CC1. The molecule has 6 heteroatoms. The molecule has 0 bridgehead atoms. The number of rotatable bonds is 5. The van der Waals surface area contributed by atoms with Crippen molar-refractivity contribution >= 4 is 17.6 Å². The van der Waals surface area contributed by atoms with Crippen LogP contribution >= 0.6 is 0 Å². The number of ether oxygens (including phenoxy) is 1. The van der Waals surface area contributed by atoms with Crippen LogP contribution in [-0.2, 0) is 9.59 Å². The summed E-state index contributed by atoms with van der Waals surface area (Å²) in [6.45, 7) is -0.418. The fraction of sp³-hybridized carbons (Fsp3) is 0.333. The monoisotopic (exact) mass is 250 g/mol. The molecule has 1 saturated carbocycles. The molecule has 1 aromatic rings. The Labute approximate surface area is 104 Å². The standard InChI is InChI=1S/C12H14N2O4/c13-12(4-5-12)11(17)14-8-2-1-3-9(6-8)18-7-10(15)16/h1-3,6H,4-5,7,13H2,(H,14,17)(H,15,16). The third-order valence-electron chi connectivity index (χ3n) is 2.70. The minimum atomic E-state index is -1.05. The lowest BCUT2D eigenvalue weighted by Gasteiger charge is -2.11. The van der Waals surface area contributed by atoms with E-state index in [1.807, 2.05) is 0 Å². The Hall–Kier alpha value is -2.08. The highest BCUT2D eigenvalue weighted by Crippen LogP contribution is 2.33. The molecule has 2 rings (SSSR count). The zero-order valence-corrected chi connectivity index (χ0v) is 9.68. The van der Waals surface area contributed by atoms with Crippen molar-refractivity contribution in [2.75, 3.05) is 11.9 Å². The number of anilines is 1. The summed E-state index contributed by atoms with van der Waals surface area (Å²) in [7, 11) is 0. The molecule has 18 heavy (non-hydrogen) atoms. The Balaban J connectivity index is 1.98. The van der Waals surface area contributed by atoms with E-state index < -0.39 is 18.1 Å². The molecule has 1 fully saturated rings. The van der Waals surface area contributed by atoms with Crippen molar-refractivity contribution in [3.63, 3.8) is 0 Å². The first kappa shape index (κ1) is 12.4. The van der Waals surface area contributed by atoms with E-state index >= 15 is 0 Å². The van der Waals surface area contributed by atoms with Gasteiger partial charge in [0, 0.05) is 11.8 Å². The number of hydrogen-bond acceptors (Lipinski definition) is 4. The van der Waals surface area contributed by atoms with Gasteiger partial charge in [0.05, 0.1) is 5.54 Å². The van der Waals surface area contributed by atoms with Crippen LogP contribution in [0.25, 0.3) is 0 Å². The van der Waals surface area contributed by atoms with Crippen LogP contribution in [0, 0.1) is 0 Å². The fourth-order valence-electron chi connectivity index (χ4n) is 1.43. The second-order valence-electron chi connectivity index (χ2n) is 4.32. The molecule has 1 aliphatic carbocycles. The maximum absolute atomic E-state index is 11.7. The molecule has 6 nitrogen and oxygen atoms in total. The Morgan fingerprint density at radius 3 is 2.78 bits per heavy atom. The maximum Gasteiger partial charge on any atom is 0.341 e. The second-order valence-corrected chi connectivity index (χ2v) is 4.32. The summed E-state index contributed by atoms with van der Waals surface area (Å²) < 4.78 is 5.01. The molecule has 0 unspecified atom stereocenters. The van der Waals surface area contributed by atoms with Gasteiger partial charge in [-0.15, -0.1) is 0 Å². The molecule has 0 aliphatic heterocycles. The summed E-state index contributed by atoms with van der Waals surface area (Å²) in [5, 5.41) is 11.2. The largest absolute Gasteiger partial charge is 0.482 e. The number of carboxylic acids is 1. The topological polar surface area (TPSA) is 102 Å². The molecular weight excluding hydrogens is 236 g/mol. The van der Waals surface area contributed by atoms with Crippen molar-refractivity contribution in [1.82, 2.24) is 0 Å². The number of nitrogens with one attached hydrogen (secondary N) is 1. The molecule has 1 aromatic carbocycles. The zero-order chi connectivity index (χ0) is 13.2. The number of carbonyl (C=O) groups excluding carboxylic acids is 1. The van der Waals surface area contributed by atoms with Crippen LogP contribution in [0.15, 0.2) is 24.3 Å². The highest BCUT2D eigenvalue weighted by Gasteiger charge is 2.45. The average Bonchev–Trinajstić information content (AvgIpc) is 3.07. The van der Waals surface area contributed by atoms with Crippen molar-refractivity contribution in [2.45, 2.75) is 18.4 Å². The molecule has 0 aromatic heterocycles. The fourth-order valence-corrected chi connectivity index (χ4v) is 1.43. The van der Waals surface area contributed by atoms with Crippen LogP contribution in [0.3, 0.4) is 0 Å². The third kappa shape index (κ3) is 2.98. The van der Waals surface area contributed by atoms with Gasteiger partial charge >= 0.3 is 5.97 Å². The van der Waals surface area contributed by atoms with Crippen molar-refractivity contribution in [3.05, 3.63) is 24.3 Å². The molecular formula is C12H14N2O4. The lowest BCUT2D eigenvalue weighted by molar-refractivity contribution is -0.139. The first-order chi connectivity index (χ1) is 8.49. The van der Waals surface area contributed by atoms with Crippen molar-refractivity contribution < 1.29 is 19.4 Å². The number of amides is 1. The van der Waals surface area contributed by atoms with Gasteiger partial charge < -0.3 is 20.9 Å². The smallest absolute Gasteiger partial charge is 0.341 e. The number of aliphatic carboxylic acids is 1. The Morgan fingerprint density at radius 2 is 2.17 bits per heavy atom. The Kier molecular flexibility index (Phi) is 3.20. The van der Waals surface area contributed by atoms with Gasteiger partial charge in [-0.25, -0.2) is 4.79 Å². The number of hydrogen-bond donors (Lipinski definition) is 3. The van der Waals surface area contributed by atoms with Crippen molar-refractivity contribution in [3.8, 4) is 5.75 Å². The van der Waals surface area contributed by atoms with Gasteiger partial charge in [-0.05, 0) is 25.0 Å². The zero-order valence-electron chi connectivity index (χ0n) is 9.68. The number of nitrogens with two attached hydrogens (primary N) is 1. The van der Waals surface area contributed by atoms with Gasteiger partial charge in [0.2, 0.25) is 5.91 Å². The third-order valence-corrected chi connectivity index (χ3v) is 2.70. The normalized spacial score (nSPS) is 15.8. The van der Waals surface area contributed by atoms with Crippen LogP contribution in [0.2, 0.25) is 0 Å². The van der Waals surface area contributed by atoms with E-state index in [-0.39, 0.29) is 5.91 Å². The van der Waals surface area contributed by atoms with Crippen LogP contribution in [0.1, 0.15) is 12.8 Å². The quantitative estimate of drug-likeness (QED) is 0.709. The van der Waals surface area contributed by atoms with E-state index in [0.29, 0.717) is 24.3 Å². The Bertz CT molecular complexity index is 483. The minimum absolute atomic E-state index is 0.224. The lowest BCUT2D eigenvalue weighted by atomic mass is 10.2. The second kappa shape index (κ2) is 4.66. The van der Waals surface area contributed by atoms with E-state index in [1.54, 1.807) is 24.3 Å². The van der Waals surface area contributed by atoms with Crippen LogP contribution < -0.4 is 15.8 Å². The molecule has 0 radical (unpaired) electrons. The highest BCUT2D eigenvalue weighted by molar-refractivity contribution is 6.00. The maximum atomic E-state index is 11.7. The van der Waals surface area contributed by atoms with Crippen molar-refractivity contribution in [1.29, 1.82) is 0 Å². The molecule has 4 N–H and O–H groups in total. The van der Waals surface area contributed by atoms with Gasteiger partial charge in [-0.3, -0.25) is 4.79 Å². The van der Waals surface area contributed by atoms with E-state index in [0.717, 1.165) is 0 Å². The predicted octanol–water partition coefficient (Wildman–Crippen LogP) is 0.580. The summed E-state index contributed by atoms with van der Waals surface area (Å²) in [5.41, 5.74) is 5.56. The molecule has 1 amide bonds. The number of carbonyl (C=O) groups is 2. The first-order valence-electron chi connectivity index (χ1n) is 5.55. The van der Waals surface area contributed by atoms with E-state index in [4.69, 9.17) is 15.6 Å². The lowest BCUT2D eigenvalue weighted by Crippen LogP contribution is -2.37. The van der Waals surface area contributed by atoms with E-state index in [9.17, 15) is 9.59 Å². The van der Waals surface area contributed by atoms with E-state index in [2.05, 4.69) is 5.32 Å². The molecule has 0 spiro atoms.